The molecule has 2 rings (SSSR count). The van der Waals surface area contributed by atoms with Crippen LogP contribution in [0.2, 0.25) is 5.02 Å². The quantitative estimate of drug-likeness (QED) is 0.878. The summed E-state index contributed by atoms with van der Waals surface area (Å²) in [6.45, 7) is 2.01. The van der Waals surface area contributed by atoms with Gasteiger partial charge >= 0.3 is 0 Å². The van der Waals surface area contributed by atoms with Gasteiger partial charge in [-0.05, 0) is 42.9 Å². The molecule has 0 aliphatic heterocycles. The molecular weight excluding hydrogens is 281 g/mol. The molecule has 1 atom stereocenters. The first-order valence-electron chi connectivity index (χ1n) is 6.91. The molecule has 110 valence electrons. The molecule has 3 nitrogen and oxygen atoms in total. The van der Waals surface area contributed by atoms with E-state index < -0.39 is 5.82 Å². The van der Waals surface area contributed by atoms with Crippen LogP contribution in [0.1, 0.15) is 31.7 Å². The van der Waals surface area contributed by atoms with Crippen molar-refractivity contribution in [3.05, 3.63) is 34.6 Å². The van der Waals surface area contributed by atoms with Crippen LogP contribution in [-0.2, 0) is 11.2 Å². The summed E-state index contributed by atoms with van der Waals surface area (Å²) in [7, 11) is 0. The zero-order valence-electron chi connectivity index (χ0n) is 11.4. The highest BCUT2D eigenvalue weighted by molar-refractivity contribution is 6.31. The SMILES string of the molecule is CCC(NC(=O)Cc1ccc(F)cc1Cl)C1CC(O)C1. The number of carbonyl (C=O) groups excluding carboxylic acids is 1. The van der Waals surface area contributed by atoms with Gasteiger partial charge in [0.1, 0.15) is 5.82 Å². The van der Waals surface area contributed by atoms with E-state index in [0.717, 1.165) is 19.3 Å². The molecule has 5 heteroatoms. The van der Waals surface area contributed by atoms with Crippen LogP contribution in [0.3, 0.4) is 0 Å². The Hall–Kier alpha value is -1.13. The van der Waals surface area contributed by atoms with Crippen molar-refractivity contribution in [1.82, 2.24) is 5.32 Å². The molecule has 0 radical (unpaired) electrons. The summed E-state index contributed by atoms with van der Waals surface area (Å²) in [4.78, 5) is 12.0. The lowest BCUT2D eigenvalue weighted by Gasteiger charge is -2.37. The molecule has 0 saturated heterocycles. The zero-order chi connectivity index (χ0) is 14.7. The highest BCUT2D eigenvalue weighted by Crippen LogP contribution is 2.31. The van der Waals surface area contributed by atoms with E-state index in [-0.39, 0.29) is 29.5 Å². The predicted octanol–water partition coefficient (Wildman–Crippen LogP) is 2.69. The fourth-order valence-corrected chi connectivity index (χ4v) is 2.84. The Bertz CT molecular complexity index is 489. The van der Waals surface area contributed by atoms with Gasteiger partial charge in [-0.2, -0.15) is 0 Å². The van der Waals surface area contributed by atoms with Gasteiger partial charge in [0.05, 0.1) is 12.5 Å². The third-order valence-electron chi connectivity index (χ3n) is 3.87. The van der Waals surface area contributed by atoms with Crippen LogP contribution in [-0.4, -0.2) is 23.2 Å². The van der Waals surface area contributed by atoms with Crippen molar-refractivity contribution in [3.8, 4) is 0 Å². The number of amides is 1. The summed E-state index contributed by atoms with van der Waals surface area (Å²) >= 11 is 5.91. The minimum Gasteiger partial charge on any atom is -0.393 e. The molecular formula is C15H19ClFNO2. The van der Waals surface area contributed by atoms with Gasteiger partial charge in [-0.15, -0.1) is 0 Å². The van der Waals surface area contributed by atoms with Gasteiger partial charge in [0.15, 0.2) is 0 Å². The molecule has 20 heavy (non-hydrogen) atoms. The molecule has 1 unspecified atom stereocenters. The summed E-state index contributed by atoms with van der Waals surface area (Å²) in [5.41, 5.74) is 0.620. The van der Waals surface area contributed by atoms with Gasteiger partial charge in [0.2, 0.25) is 5.91 Å². The lowest BCUT2D eigenvalue weighted by molar-refractivity contribution is -0.122. The average Bonchev–Trinajstić information content (AvgIpc) is 2.36. The topological polar surface area (TPSA) is 49.3 Å². The number of hydrogen-bond acceptors (Lipinski definition) is 2. The van der Waals surface area contributed by atoms with E-state index in [4.69, 9.17) is 11.6 Å². The largest absolute Gasteiger partial charge is 0.393 e. The van der Waals surface area contributed by atoms with Crippen LogP contribution in [0, 0.1) is 11.7 Å². The predicted molar refractivity (Wildman–Crippen MR) is 76.1 cm³/mol. The van der Waals surface area contributed by atoms with E-state index in [0.29, 0.717) is 11.5 Å². The van der Waals surface area contributed by atoms with Gasteiger partial charge in [0.25, 0.3) is 0 Å². The van der Waals surface area contributed by atoms with Crippen LogP contribution in [0.25, 0.3) is 0 Å². The van der Waals surface area contributed by atoms with E-state index in [2.05, 4.69) is 5.32 Å². The highest BCUT2D eigenvalue weighted by Gasteiger charge is 2.33. The Balaban J connectivity index is 1.91. The zero-order valence-corrected chi connectivity index (χ0v) is 12.2. The maximum absolute atomic E-state index is 12.9. The van der Waals surface area contributed by atoms with Gasteiger partial charge in [-0.3, -0.25) is 4.79 Å². The molecule has 2 N–H and O–H groups in total. The summed E-state index contributed by atoms with van der Waals surface area (Å²) in [6, 6.07) is 4.13. The number of aliphatic hydroxyl groups is 1. The Kier molecular flexibility index (Phi) is 5.00. The maximum atomic E-state index is 12.9. The minimum absolute atomic E-state index is 0.0881. The number of nitrogens with one attached hydrogen (secondary N) is 1. The molecule has 0 bridgehead atoms. The van der Waals surface area contributed by atoms with Crippen molar-refractivity contribution in [3.63, 3.8) is 0 Å². The van der Waals surface area contributed by atoms with Crippen molar-refractivity contribution in [2.24, 2.45) is 5.92 Å². The molecule has 0 spiro atoms. The Morgan fingerprint density at radius 2 is 2.25 bits per heavy atom. The summed E-state index contributed by atoms with van der Waals surface area (Å²) < 4.78 is 12.9. The van der Waals surface area contributed by atoms with Gasteiger partial charge < -0.3 is 10.4 Å². The third kappa shape index (κ3) is 3.70. The first-order chi connectivity index (χ1) is 9.49. The molecule has 1 aromatic rings. The molecule has 1 fully saturated rings. The molecule has 1 amide bonds. The first-order valence-corrected chi connectivity index (χ1v) is 7.28. The fraction of sp³-hybridized carbons (Fsp3) is 0.533. The summed E-state index contributed by atoms with van der Waals surface area (Å²) in [5, 5.41) is 12.6. The lowest BCUT2D eigenvalue weighted by Crippen LogP contribution is -2.47. The van der Waals surface area contributed by atoms with Gasteiger partial charge in [-0.1, -0.05) is 24.6 Å². The second-order valence-corrected chi connectivity index (χ2v) is 5.79. The van der Waals surface area contributed by atoms with E-state index in [9.17, 15) is 14.3 Å². The van der Waals surface area contributed by atoms with E-state index in [1.54, 1.807) is 0 Å². The lowest BCUT2D eigenvalue weighted by atomic mass is 9.76. The monoisotopic (exact) mass is 299 g/mol. The van der Waals surface area contributed by atoms with E-state index in [1.807, 2.05) is 6.92 Å². The standard InChI is InChI=1S/C15H19ClFNO2/c1-2-14(10-5-12(19)6-10)18-15(20)7-9-3-4-11(17)8-13(9)16/h3-4,8,10,12,14,19H,2,5-7H2,1H3,(H,18,20). The summed E-state index contributed by atoms with van der Waals surface area (Å²) in [5.74, 6) is -0.177. The molecule has 1 aliphatic carbocycles. The third-order valence-corrected chi connectivity index (χ3v) is 4.22. The fourth-order valence-electron chi connectivity index (χ4n) is 2.61. The smallest absolute Gasteiger partial charge is 0.224 e. The van der Waals surface area contributed by atoms with Crippen LogP contribution in [0.5, 0.6) is 0 Å². The van der Waals surface area contributed by atoms with Crippen molar-refractivity contribution >= 4 is 17.5 Å². The molecule has 1 aromatic carbocycles. The van der Waals surface area contributed by atoms with Crippen molar-refractivity contribution in [1.29, 1.82) is 0 Å². The van der Waals surface area contributed by atoms with Gasteiger partial charge in [-0.25, -0.2) is 4.39 Å². The number of benzene rings is 1. The highest BCUT2D eigenvalue weighted by atomic mass is 35.5. The Labute approximate surface area is 123 Å². The van der Waals surface area contributed by atoms with Crippen LogP contribution < -0.4 is 5.32 Å². The molecule has 0 heterocycles. The number of hydrogen-bond donors (Lipinski definition) is 2. The Morgan fingerprint density at radius 1 is 1.55 bits per heavy atom. The molecule has 0 aromatic heterocycles. The van der Waals surface area contributed by atoms with Crippen molar-refractivity contribution in [2.45, 2.75) is 44.8 Å². The average molecular weight is 300 g/mol. The van der Waals surface area contributed by atoms with E-state index >= 15 is 0 Å². The van der Waals surface area contributed by atoms with Crippen molar-refractivity contribution < 1.29 is 14.3 Å². The molecule has 1 saturated carbocycles. The number of rotatable bonds is 5. The van der Waals surface area contributed by atoms with Gasteiger partial charge in [0, 0.05) is 11.1 Å². The maximum Gasteiger partial charge on any atom is 0.224 e. The normalized spacial score (nSPS) is 23.0. The number of aliphatic hydroxyl groups excluding tert-OH is 1. The molecule has 1 aliphatic rings. The second kappa shape index (κ2) is 6.55. The van der Waals surface area contributed by atoms with Crippen molar-refractivity contribution in [2.75, 3.05) is 0 Å². The van der Waals surface area contributed by atoms with Crippen LogP contribution in [0.15, 0.2) is 18.2 Å². The summed E-state index contributed by atoms with van der Waals surface area (Å²) in [6.07, 6.45) is 2.25. The number of halogens is 2. The second-order valence-electron chi connectivity index (χ2n) is 5.38. The number of carbonyl (C=O) groups is 1. The Morgan fingerprint density at radius 3 is 2.80 bits per heavy atom. The van der Waals surface area contributed by atoms with Crippen LogP contribution in [0.4, 0.5) is 4.39 Å². The minimum atomic E-state index is -0.408. The first kappa shape index (κ1) is 15.3. The van der Waals surface area contributed by atoms with Crippen LogP contribution >= 0.6 is 11.6 Å². The van der Waals surface area contributed by atoms with E-state index in [1.165, 1.54) is 18.2 Å².